The highest BCUT2D eigenvalue weighted by Gasteiger charge is 2.45. The highest BCUT2D eigenvalue weighted by Crippen LogP contribution is 2.49. The number of carboxylic acids is 1. The molecule has 3 atom stereocenters. The summed E-state index contributed by atoms with van der Waals surface area (Å²) in [6.45, 7) is 0. The van der Waals surface area contributed by atoms with E-state index in [2.05, 4.69) is 17.4 Å². The van der Waals surface area contributed by atoms with Gasteiger partial charge in [-0.25, -0.2) is 4.79 Å². The van der Waals surface area contributed by atoms with Crippen LogP contribution in [0.5, 0.6) is 0 Å². The average molecular weight is 305 g/mol. The zero-order valence-corrected chi connectivity index (χ0v) is 12.6. The Balaban J connectivity index is 1.55. The summed E-state index contributed by atoms with van der Waals surface area (Å²) in [7, 11) is 0. The van der Waals surface area contributed by atoms with Crippen LogP contribution in [0.4, 0.5) is 0 Å². The van der Waals surface area contributed by atoms with Crippen LogP contribution in [0.2, 0.25) is 0 Å². The Hall–Kier alpha value is -1.49. The van der Waals surface area contributed by atoms with Crippen molar-refractivity contribution in [2.75, 3.05) is 11.5 Å². The molecule has 0 spiro atoms. The number of thioether (sulfide) groups is 1. The molecule has 112 valence electrons. The van der Waals surface area contributed by atoms with E-state index in [-0.39, 0.29) is 5.91 Å². The second-order valence-corrected chi connectivity index (χ2v) is 7.06. The van der Waals surface area contributed by atoms with Crippen molar-refractivity contribution in [3.63, 3.8) is 0 Å². The van der Waals surface area contributed by atoms with E-state index in [9.17, 15) is 14.7 Å². The van der Waals surface area contributed by atoms with Gasteiger partial charge in [-0.1, -0.05) is 30.3 Å². The molecule has 2 aliphatic rings. The molecular weight excluding hydrogens is 286 g/mol. The van der Waals surface area contributed by atoms with Crippen LogP contribution in [0.1, 0.15) is 30.7 Å². The number of rotatable bonds is 5. The van der Waals surface area contributed by atoms with E-state index < -0.39 is 11.5 Å². The van der Waals surface area contributed by atoms with Gasteiger partial charge in [0.25, 0.3) is 0 Å². The number of hydrogen-bond acceptors (Lipinski definition) is 3. The number of carbonyl (C=O) groups excluding carboxylic acids is 1. The maximum atomic E-state index is 12.2. The first-order valence-corrected chi connectivity index (χ1v) is 8.43. The van der Waals surface area contributed by atoms with Crippen LogP contribution in [0.25, 0.3) is 0 Å². The van der Waals surface area contributed by atoms with Gasteiger partial charge in [0.15, 0.2) is 0 Å². The molecule has 1 aromatic carbocycles. The fraction of sp³-hybridized carbons (Fsp3) is 0.500. The van der Waals surface area contributed by atoms with Crippen LogP contribution < -0.4 is 5.32 Å². The minimum atomic E-state index is -1.04. The topological polar surface area (TPSA) is 66.4 Å². The van der Waals surface area contributed by atoms with E-state index in [0.717, 1.165) is 12.2 Å². The van der Waals surface area contributed by atoms with Gasteiger partial charge >= 0.3 is 5.97 Å². The van der Waals surface area contributed by atoms with Gasteiger partial charge in [0.2, 0.25) is 5.91 Å². The van der Waals surface area contributed by atoms with E-state index in [1.807, 2.05) is 18.2 Å². The van der Waals surface area contributed by atoms with E-state index in [1.54, 1.807) is 11.8 Å². The van der Waals surface area contributed by atoms with Gasteiger partial charge < -0.3 is 10.4 Å². The van der Waals surface area contributed by atoms with Crippen molar-refractivity contribution in [1.82, 2.24) is 5.32 Å². The fourth-order valence-corrected chi connectivity index (χ4v) is 4.35. The summed E-state index contributed by atoms with van der Waals surface area (Å²) in [5.74, 6) is 1.05. The molecule has 3 rings (SSSR count). The van der Waals surface area contributed by atoms with Gasteiger partial charge in [-0.15, -0.1) is 0 Å². The summed E-state index contributed by atoms with van der Waals surface area (Å²) < 4.78 is 0. The summed E-state index contributed by atoms with van der Waals surface area (Å²) in [4.78, 5) is 23.6. The lowest BCUT2D eigenvalue weighted by atomic mass is 9.98. The zero-order valence-electron chi connectivity index (χ0n) is 11.7. The van der Waals surface area contributed by atoms with E-state index in [1.165, 1.54) is 5.56 Å². The van der Waals surface area contributed by atoms with Crippen LogP contribution in [0, 0.1) is 5.92 Å². The fourth-order valence-electron chi connectivity index (χ4n) is 3.02. The molecule has 4 nitrogen and oxygen atoms in total. The first-order valence-electron chi connectivity index (χ1n) is 7.28. The Morgan fingerprint density at radius 3 is 2.71 bits per heavy atom. The van der Waals surface area contributed by atoms with Gasteiger partial charge in [0.1, 0.15) is 5.54 Å². The lowest BCUT2D eigenvalue weighted by molar-refractivity contribution is -0.146. The number of carboxylic acid groups (broad SMARTS) is 1. The lowest BCUT2D eigenvalue weighted by Crippen LogP contribution is -2.54. The summed E-state index contributed by atoms with van der Waals surface area (Å²) in [5, 5.41) is 12.1. The summed E-state index contributed by atoms with van der Waals surface area (Å²) in [6.07, 6.45) is 1.97. The van der Waals surface area contributed by atoms with Crippen LogP contribution in [0.3, 0.4) is 0 Å². The molecule has 1 saturated carbocycles. The van der Waals surface area contributed by atoms with E-state index in [4.69, 9.17) is 0 Å². The molecular formula is C16H19NO3S. The molecule has 2 fully saturated rings. The van der Waals surface area contributed by atoms with Crippen molar-refractivity contribution < 1.29 is 14.7 Å². The smallest absolute Gasteiger partial charge is 0.330 e. The first kappa shape index (κ1) is 14.4. The molecule has 1 aliphatic carbocycles. The molecule has 1 heterocycles. The maximum Gasteiger partial charge on any atom is 0.330 e. The quantitative estimate of drug-likeness (QED) is 0.875. The Bertz CT molecular complexity index is 540. The number of amides is 1. The Morgan fingerprint density at radius 1 is 1.33 bits per heavy atom. The molecule has 1 amide bonds. The minimum absolute atomic E-state index is 0.122. The SMILES string of the molecule is O=C(C[C@@H]1C[C@H]1c1ccccc1)NC1(C(=O)O)CCSC1. The molecule has 1 aliphatic heterocycles. The van der Waals surface area contributed by atoms with Gasteiger partial charge in [0, 0.05) is 12.2 Å². The Morgan fingerprint density at radius 2 is 2.10 bits per heavy atom. The first-order chi connectivity index (χ1) is 10.1. The van der Waals surface area contributed by atoms with Crippen molar-refractivity contribution in [3.8, 4) is 0 Å². The van der Waals surface area contributed by atoms with Crippen LogP contribution in [-0.2, 0) is 9.59 Å². The third-order valence-electron chi connectivity index (χ3n) is 4.41. The molecule has 1 aromatic rings. The van der Waals surface area contributed by atoms with Gasteiger partial charge in [-0.3, -0.25) is 4.79 Å². The number of benzene rings is 1. The third-order valence-corrected chi connectivity index (χ3v) is 5.60. The highest BCUT2D eigenvalue weighted by molar-refractivity contribution is 7.99. The van der Waals surface area contributed by atoms with Gasteiger partial charge in [-0.2, -0.15) is 11.8 Å². The number of carbonyl (C=O) groups is 2. The molecule has 0 aromatic heterocycles. The van der Waals surface area contributed by atoms with Crippen molar-refractivity contribution in [2.45, 2.75) is 30.7 Å². The average Bonchev–Trinajstić information content (AvgIpc) is 3.06. The van der Waals surface area contributed by atoms with Crippen molar-refractivity contribution in [1.29, 1.82) is 0 Å². The van der Waals surface area contributed by atoms with Gasteiger partial charge in [0.05, 0.1) is 0 Å². The van der Waals surface area contributed by atoms with Crippen molar-refractivity contribution in [3.05, 3.63) is 35.9 Å². The maximum absolute atomic E-state index is 12.2. The predicted octanol–water partition coefficient (Wildman–Crippen LogP) is 2.26. The lowest BCUT2D eigenvalue weighted by Gasteiger charge is -2.24. The minimum Gasteiger partial charge on any atom is -0.479 e. The Labute approximate surface area is 128 Å². The van der Waals surface area contributed by atoms with Crippen molar-refractivity contribution >= 4 is 23.6 Å². The number of nitrogens with one attached hydrogen (secondary N) is 1. The molecule has 0 radical (unpaired) electrons. The molecule has 1 saturated heterocycles. The monoisotopic (exact) mass is 305 g/mol. The predicted molar refractivity (Wildman–Crippen MR) is 82.4 cm³/mol. The number of hydrogen-bond donors (Lipinski definition) is 2. The van der Waals surface area contributed by atoms with Crippen LogP contribution in [-0.4, -0.2) is 34.0 Å². The summed E-state index contributed by atoms with van der Waals surface area (Å²) in [6, 6.07) is 10.2. The molecule has 1 unspecified atom stereocenters. The molecule has 2 N–H and O–H groups in total. The summed E-state index contributed by atoms with van der Waals surface area (Å²) >= 11 is 1.59. The molecule has 21 heavy (non-hydrogen) atoms. The Kier molecular flexibility index (Phi) is 3.93. The normalized spacial score (nSPS) is 30.9. The highest BCUT2D eigenvalue weighted by atomic mass is 32.2. The van der Waals surface area contributed by atoms with Crippen LogP contribution in [0.15, 0.2) is 30.3 Å². The molecule has 5 heteroatoms. The van der Waals surface area contributed by atoms with Gasteiger partial charge in [-0.05, 0) is 36.0 Å². The standard InChI is InChI=1S/C16H19NO3S/c18-14(17-16(15(19)20)6-7-21-10-16)9-12-8-13(12)11-4-2-1-3-5-11/h1-5,12-13H,6-10H2,(H,17,18)(H,19,20)/t12-,13-,16?/m0/s1. The van der Waals surface area contributed by atoms with E-state index in [0.29, 0.717) is 30.4 Å². The third kappa shape index (κ3) is 3.07. The molecule has 0 bridgehead atoms. The van der Waals surface area contributed by atoms with Crippen LogP contribution >= 0.6 is 11.8 Å². The number of aliphatic carboxylic acids is 1. The largest absolute Gasteiger partial charge is 0.479 e. The van der Waals surface area contributed by atoms with E-state index >= 15 is 0 Å². The second-order valence-electron chi connectivity index (χ2n) is 5.96. The second kappa shape index (κ2) is 5.72. The summed E-state index contributed by atoms with van der Waals surface area (Å²) in [5.41, 5.74) is 0.235. The zero-order chi connectivity index (χ0) is 14.9. The van der Waals surface area contributed by atoms with Crippen molar-refractivity contribution in [2.24, 2.45) is 5.92 Å².